The highest BCUT2D eigenvalue weighted by atomic mass is 16.4. The molecule has 0 aromatic carbocycles. The van der Waals surface area contributed by atoms with Gasteiger partial charge in [-0.1, -0.05) is 0 Å². The van der Waals surface area contributed by atoms with E-state index < -0.39 is 30.5 Å². The molecule has 0 bridgehead atoms. The smallest absolute Gasteiger partial charge is 0.126 e. The Kier molecular flexibility index (Phi) is 5.77. The number of hydrogen-bond donors (Lipinski definition) is 5. The van der Waals surface area contributed by atoms with Gasteiger partial charge in [0, 0.05) is 12.6 Å². The average molecular weight is 272 g/mol. The minimum Gasteiger partial charge on any atom is -0.391 e. The van der Waals surface area contributed by atoms with Gasteiger partial charge in [0.25, 0.3) is 0 Å². The molecule has 7 heteroatoms. The zero-order chi connectivity index (χ0) is 14.6. The van der Waals surface area contributed by atoms with Crippen molar-refractivity contribution < 1.29 is 25.5 Å². The van der Waals surface area contributed by atoms with Crippen LogP contribution >= 0.6 is 0 Å². The summed E-state index contributed by atoms with van der Waals surface area (Å²) in [7, 11) is 0. The lowest BCUT2D eigenvalue weighted by atomic mass is 10.1. The fourth-order valence-corrected chi connectivity index (χ4v) is 1.49. The van der Waals surface area contributed by atoms with Crippen molar-refractivity contribution in [2.45, 2.75) is 50.8 Å². The standard InChI is InChI=1S/C12H20N2O5/c1-6(15)10(17)3-8-4-13-5-9(14-8)12(19)11(18)7(2)16/h4-7,10-12,15-19H,3H2,1-2H3/t6-,7-,10-,11+,12+/m1/s1. The Balaban J connectivity index is 2.82. The Morgan fingerprint density at radius 2 is 1.63 bits per heavy atom. The number of hydrogen-bond acceptors (Lipinski definition) is 7. The first-order chi connectivity index (χ1) is 8.82. The van der Waals surface area contributed by atoms with Crippen molar-refractivity contribution in [2.75, 3.05) is 0 Å². The van der Waals surface area contributed by atoms with Crippen molar-refractivity contribution in [3.63, 3.8) is 0 Å². The molecule has 0 fully saturated rings. The van der Waals surface area contributed by atoms with Crippen LogP contribution in [0.4, 0.5) is 0 Å². The first-order valence-corrected chi connectivity index (χ1v) is 6.04. The molecular weight excluding hydrogens is 252 g/mol. The minimum atomic E-state index is -1.37. The summed E-state index contributed by atoms with van der Waals surface area (Å²) >= 11 is 0. The maximum absolute atomic E-state index is 9.80. The van der Waals surface area contributed by atoms with Gasteiger partial charge in [0.2, 0.25) is 0 Å². The lowest BCUT2D eigenvalue weighted by Crippen LogP contribution is -2.31. The fourth-order valence-electron chi connectivity index (χ4n) is 1.49. The fraction of sp³-hybridized carbons (Fsp3) is 0.667. The SMILES string of the molecule is C[C@@H](O)[C@H](O)[C@@H](O)c1cncc(C[C@@H](O)[C@@H](C)O)n1. The second-order valence-electron chi connectivity index (χ2n) is 4.62. The zero-order valence-corrected chi connectivity index (χ0v) is 10.9. The minimum absolute atomic E-state index is 0.0794. The summed E-state index contributed by atoms with van der Waals surface area (Å²) in [4.78, 5) is 7.90. The summed E-state index contributed by atoms with van der Waals surface area (Å²) in [5.74, 6) is 0. The van der Waals surface area contributed by atoms with Crippen molar-refractivity contribution >= 4 is 0 Å². The Bertz CT molecular complexity index is 399. The van der Waals surface area contributed by atoms with Crippen LogP contribution in [0.3, 0.4) is 0 Å². The topological polar surface area (TPSA) is 127 Å². The van der Waals surface area contributed by atoms with E-state index in [1.165, 1.54) is 26.2 Å². The van der Waals surface area contributed by atoms with E-state index in [0.717, 1.165) is 0 Å². The second-order valence-corrected chi connectivity index (χ2v) is 4.62. The number of rotatable bonds is 6. The number of aromatic nitrogens is 2. The molecule has 0 spiro atoms. The van der Waals surface area contributed by atoms with Gasteiger partial charge < -0.3 is 25.5 Å². The van der Waals surface area contributed by atoms with Gasteiger partial charge in [-0.2, -0.15) is 0 Å². The largest absolute Gasteiger partial charge is 0.391 e. The molecule has 1 rings (SSSR count). The van der Waals surface area contributed by atoms with Crippen LogP contribution < -0.4 is 0 Å². The second kappa shape index (κ2) is 6.88. The van der Waals surface area contributed by atoms with Crippen molar-refractivity contribution in [3.8, 4) is 0 Å². The van der Waals surface area contributed by atoms with Crippen LogP contribution in [-0.2, 0) is 6.42 Å². The predicted octanol–water partition coefficient (Wildman–Crippen LogP) is -1.46. The molecule has 7 nitrogen and oxygen atoms in total. The highest BCUT2D eigenvalue weighted by molar-refractivity contribution is 5.08. The summed E-state index contributed by atoms with van der Waals surface area (Å²) in [6.45, 7) is 2.80. The first-order valence-electron chi connectivity index (χ1n) is 6.04. The monoisotopic (exact) mass is 272 g/mol. The summed E-state index contributed by atoms with van der Waals surface area (Å²) < 4.78 is 0. The summed E-state index contributed by atoms with van der Waals surface area (Å²) in [5, 5.41) is 47.3. The Morgan fingerprint density at radius 3 is 2.16 bits per heavy atom. The van der Waals surface area contributed by atoms with Gasteiger partial charge in [-0.25, -0.2) is 0 Å². The van der Waals surface area contributed by atoms with Gasteiger partial charge in [0.1, 0.15) is 12.2 Å². The van der Waals surface area contributed by atoms with Gasteiger partial charge >= 0.3 is 0 Å². The summed E-state index contributed by atoms with van der Waals surface area (Å²) in [5.41, 5.74) is 0.478. The van der Waals surface area contributed by atoms with Crippen LogP contribution in [0.5, 0.6) is 0 Å². The molecule has 0 aliphatic rings. The molecular formula is C12H20N2O5. The third kappa shape index (κ3) is 4.48. The summed E-state index contributed by atoms with van der Waals surface area (Å²) in [6.07, 6.45) is -2.98. The van der Waals surface area contributed by atoms with Crippen molar-refractivity contribution in [1.29, 1.82) is 0 Å². The molecule has 0 unspecified atom stereocenters. The van der Waals surface area contributed by atoms with Crippen molar-refractivity contribution in [2.24, 2.45) is 0 Å². The molecule has 1 aromatic rings. The van der Waals surface area contributed by atoms with Crippen LogP contribution in [0.25, 0.3) is 0 Å². The van der Waals surface area contributed by atoms with E-state index in [2.05, 4.69) is 9.97 Å². The average Bonchev–Trinajstić information content (AvgIpc) is 2.37. The van der Waals surface area contributed by atoms with Gasteiger partial charge in [-0.15, -0.1) is 0 Å². The van der Waals surface area contributed by atoms with E-state index in [-0.39, 0.29) is 12.1 Å². The van der Waals surface area contributed by atoms with Gasteiger partial charge in [-0.3, -0.25) is 9.97 Å². The molecule has 5 atom stereocenters. The number of aliphatic hydroxyl groups is 5. The lowest BCUT2D eigenvalue weighted by Gasteiger charge is -2.20. The summed E-state index contributed by atoms with van der Waals surface area (Å²) in [6, 6.07) is 0. The predicted molar refractivity (Wildman–Crippen MR) is 66.1 cm³/mol. The van der Waals surface area contributed by atoms with Gasteiger partial charge in [-0.05, 0) is 13.8 Å². The van der Waals surface area contributed by atoms with Gasteiger partial charge in [0.15, 0.2) is 0 Å². The third-order valence-corrected chi connectivity index (χ3v) is 2.80. The van der Waals surface area contributed by atoms with Crippen LogP contribution in [0.1, 0.15) is 31.3 Å². The van der Waals surface area contributed by atoms with Crippen LogP contribution in [0, 0.1) is 0 Å². The molecule has 0 saturated carbocycles. The molecule has 5 N–H and O–H groups in total. The maximum Gasteiger partial charge on any atom is 0.126 e. The molecule has 108 valence electrons. The highest BCUT2D eigenvalue weighted by Gasteiger charge is 2.24. The molecule has 19 heavy (non-hydrogen) atoms. The molecule has 0 aliphatic carbocycles. The maximum atomic E-state index is 9.80. The zero-order valence-electron chi connectivity index (χ0n) is 10.9. The third-order valence-electron chi connectivity index (χ3n) is 2.80. The molecule has 0 saturated heterocycles. The Labute approximate surface area is 111 Å². The molecule has 0 amide bonds. The quantitative estimate of drug-likeness (QED) is 0.428. The van der Waals surface area contributed by atoms with Crippen LogP contribution in [0.15, 0.2) is 12.4 Å². The van der Waals surface area contributed by atoms with E-state index >= 15 is 0 Å². The normalized spacial score (nSPS) is 19.5. The number of nitrogens with zero attached hydrogens (tertiary/aromatic N) is 2. The first kappa shape index (κ1) is 15.9. The van der Waals surface area contributed by atoms with Crippen LogP contribution in [0.2, 0.25) is 0 Å². The molecule has 0 aliphatic heterocycles. The van der Waals surface area contributed by atoms with Crippen molar-refractivity contribution in [3.05, 3.63) is 23.8 Å². The van der Waals surface area contributed by atoms with Crippen LogP contribution in [-0.4, -0.2) is 59.9 Å². The van der Waals surface area contributed by atoms with Crippen molar-refractivity contribution in [1.82, 2.24) is 9.97 Å². The van der Waals surface area contributed by atoms with Gasteiger partial charge in [0.05, 0.1) is 35.9 Å². The Hall–Kier alpha value is -1.12. The highest BCUT2D eigenvalue weighted by Crippen LogP contribution is 2.17. The molecule has 1 heterocycles. The van der Waals surface area contributed by atoms with E-state index in [1.807, 2.05) is 0 Å². The van der Waals surface area contributed by atoms with E-state index in [0.29, 0.717) is 5.69 Å². The van der Waals surface area contributed by atoms with E-state index in [4.69, 9.17) is 0 Å². The van der Waals surface area contributed by atoms with E-state index in [9.17, 15) is 25.5 Å². The Morgan fingerprint density at radius 1 is 1.00 bits per heavy atom. The lowest BCUT2D eigenvalue weighted by molar-refractivity contribution is -0.0550. The molecule has 1 aromatic heterocycles. The number of aliphatic hydroxyl groups excluding tert-OH is 5. The molecule has 0 radical (unpaired) electrons. The van der Waals surface area contributed by atoms with E-state index in [1.54, 1.807) is 0 Å².